The Labute approximate surface area is 311 Å². The molecule has 0 bridgehead atoms. The number of imidazole rings is 1. The van der Waals surface area contributed by atoms with Gasteiger partial charge in [-0.25, -0.2) is 0 Å². The van der Waals surface area contributed by atoms with Crippen molar-refractivity contribution in [2.24, 2.45) is 0 Å². The molecule has 11 rings (SSSR count). The first-order valence-electron chi connectivity index (χ1n) is 16.7. The van der Waals surface area contributed by atoms with Crippen LogP contribution >= 0.6 is 0 Å². The largest absolute Gasteiger partial charge is 0.503 e. The molecule has 52 heavy (non-hydrogen) atoms. The van der Waals surface area contributed by atoms with Gasteiger partial charge in [0.05, 0.1) is 23.1 Å². The molecule has 250 valence electrons. The summed E-state index contributed by atoms with van der Waals surface area (Å²) in [7, 11) is 0. The second-order valence-electron chi connectivity index (χ2n) is 12.5. The number of nitrogens with zero attached hydrogens (tertiary/aromatic N) is 3. The molecule has 0 saturated carbocycles. The Bertz CT molecular complexity index is 3130. The van der Waals surface area contributed by atoms with Crippen molar-refractivity contribution in [3.8, 4) is 39.7 Å². The molecule has 0 saturated heterocycles. The van der Waals surface area contributed by atoms with E-state index < -0.39 is 0 Å². The Morgan fingerprint density at radius 3 is 2.25 bits per heavy atom. The molecule has 6 nitrogen and oxygen atoms in total. The van der Waals surface area contributed by atoms with Crippen molar-refractivity contribution in [2.75, 3.05) is 0 Å². The molecule has 7 heteroatoms. The first-order valence-corrected chi connectivity index (χ1v) is 16.7. The van der Waals surface area contributed by atoms with Crippen molar-refractivity contribution in [2.45, 2.75) is 0 Å². The van der Waals surface area contributed by atoms with E-state index in [2.05, 4.69) is 95.6 Å². The van der Waals surface area contributed by atoms with Crippen molar-refractivity contribution in [3.05, 3.63) is 164 Å². The summed E-state index contributed by atoms with van der Waals surface area (Å²) in [6.45, 7) is 0. The number of furan rings is 1. The average Bonchev–Trinajstić information content (AvgIpc) is 3.94. The van der Waals surface area contributed by atoms with Gasteiger partial charge in [-0.2, -0.15) is 24.3 Å². The first-order chi connectivity index (χ1) is 25.3. The molecule has 0 aliphatic rings. The molecule has 0 spiro atoms. The number of benzene rings is 7. The smallest absolute Gasteiger partial charge is 0.215 e. The Hall–Kier alpha value is -6.36. The van der Waals surface area contributed by atoms with Gasteiger partial charge in [0.25, 0.3) is 0 Å². The van der Waals surface area contributed by atoms with E-state index in [4.69, 9.17) is 18.6 Å². The molecular weight excluding hydrogens is 826 g/mol. The number of rotatable bonds is 5. The van der Waals surface area contributed by atoms with Gasteiger partial charge in [0.2, 0.25) is 5.71 Å². The molecule has 7 aromatic carbocycles. The van der Waals surface area contributed by atoms with Gasteiger partial charge in [0, 0.05) is 43.5 Å². The third kappa shape index (κ3) is 4.65. The fourth-order valence-electron chi connectivity index (χ4n) is 7.31. The number of hydrogen-bond acceptors (Lipinski definition) is 4. The number of fused-ring (bicyclic) bond motifs is 9. The summed E-state index contributed by atoms with van der Waals surface area (Å²) < 4.78 is 23.5. The molecule has 4 aromatic heterocycles. The predicted molar refractivity (Wildman–Crippen MR) is 200 cm³/mol. The minimum absolute atomic E-state index is 0. The van der Waals surface area contributed by atoms with E-state index >= 15 is 0 Å². The number of hydrogen-bond donors (Lipinski definition) is 0. The van der Waals surface area contributed by atoms with Crippen LogP contribution in [0.3, 0.4) is 0 Å². The van der Waals surface area contributed by atoms with Crippen LogP contribution in [0.4, 0.5) is 0 Å². The van der Waals surface area contributed by atoms with Gasteiger partial charge in [0.15, 0.2) is 5.58 Å². The molecule has 0 atom stereocenters. The van der Waals surface area contributed by atoms with E-state index in [1.165, 1.54) is 0 Å². The molecule has 11 aromatic rings. The van der Waals surface area contributed by atoms with Crippen molar-refractivity contribution in [3.63, 3.8) is 0 Å². The Balaban J connectivity index is 0.00000338. The monoisotopic (exact) mass is 849 g/mol. The normalized spacial score (nSPS) is 11.7. The van der Waals surface area contributed by atoms with Gasteiger partial charge >= 0.3 is 0 Å². The second-order valence-corrected chi connectivity index (χ2v) is 12.5. The zero-order valence-electron chi connectivity index (χ0n) is 27.2. The molecular formula is C45H24N3O3Pt-3. The summed E-state index contributed by atoms with van der Waals surface area (Å²) in [5, 5.41) is 4.08. The zero-order valence-corrected chi connectivity index (χ0v) is 29.5. The van der Waals surface area contributed by atoms with Gasteiger partial charge in [0.1, 0.15) is 5.58 Å². The number of oxazole rings is 1. The van der Waals surface area contributed by atoms with Crippen LogP contribution in [0.25, 0.3) is 88.8 Å². The number of para-hydroxylation sites is 4. The summed E-state index contributed by atoms with van der Waals surface area (Å²) in [5.74, 6) is 1.73. The maximum Gasteiger partial charge on any atom is 0.215 e. The fraction of sp³-hybridized carbons (Fsp3) is 0. The third-order valence-electron chi connectivity index (χ3n) is 9.57. The van der Waals surface area contributed by atoms with Crippen LogP contribution in [-0.2, 0) is 21.1 Å². The van der Waals surface area contributed by atoms with Crippen molar-refractivity contribution in [1.29, 1.82) is 0 Å². The van der Waals surface area contributed by atoms with Gasteiger partial charge in [-0.1, -0.05) is 113 Å². The van der Waals surface area contributed by atoms with E-state index in [0.29, 0.717) is 34.2 Å². The summed E-state index contributed by atoms with van der Waals surface area (Å²) in [5.41, 5.74) is 9.58. The minimum atomic E-state index is 0. The summed E-state index contributed by atoms with van der Waals surface area (Å²) in [4.78, 5) is 4.79. The fourth-order valence-corrected chi connectivity index (χ4v) is 7.31. The topological polar surface area (TPSA) is 57.7 Å². The summed E-state index contributed by atoms with van der Waals surface area (Å²) >= 11 is 0. The van der Waals surface area contributed by atoms with Crippen molar-refractivity contribution < 1.29 is 34.6 Å². The maximum absolute atomic E-state index is 6.68. The van der Waals surface area contributed by atoms with E-state index in [0.717, 1.165) is 66.1 Å². The van der Waals surface area contributed by atoms with Gasteiger partial charge in [-0.3, -0.25) is 4.98 Å². The van der Waals surface area contributed by atoms with Gasteiger partial charge < -0.3 is 22.5 Å². The molecule has 0 fully saturated rings. The van der Waals surface area contributed by atoms with Crippen LogP contribution in [0.2, 0.25) is 0 Å². The zero-order chi connectivity index (χ0) is 33.5. The molecule has 0 amide bonds. The van der Waals surface area contributed by atoms with E-state index in [1.54, 1.807) is 6.20 Å². The van der Waals surface area contributed by atoms with Crippen LogP contribution in [0.1, 0.15) is 0 Å². The number of ether oxygens (including phenoxy) is 1. The quantitative estimate of drug-likeness (QED) is 0.162. The van der Waals surface area contributed by atoms with Crippen LogP contribution in [0.5, 0.6) is 11.5 Å². The molecule has 0 aliphatic heterocycles. The SMILES string of the molecule is [Pt].[c-]1ccc(-c2ccccc2)cc1-n1c2[c-]c(Oc3[c-]c(-c4ncc5oc6ccccc6n45)c4oc5ccccc5c4c3)ccc2c2ccccc21. The summed E-state index contributed by atoms with van der Waals surface area (Å²) in [6.07, 6.45) is 1.73. The van der Waals surface area contributed by atoms with Crippen LogP contribution in [0, 0.1) is 18.2 Å². The van der Waals surface area contributed by atoms with Crippen molar-refractivity contribution >= 4 is 60.6 Å². The predicted octanol–water partition coefficient (Wildman–Crippen LogP) is 11.6. The molecule has 0 N–H and O–H groups in total. The van der Waals surface area contributed by atoms with Gasteiger partial charge in [-0.15, -0.1) is 29.1 Å². The molecule has 0 unspecified atom stereocenters. The van der Waals surface area contributed by atoms with E-state index in [9.17, 15) is 0 Å². The van der Waals surface area contributed by atoms with E-state index in [1.807, 2.05) is 71.1 Å². The van der Waals surface area contributed by atoms with E-state index in [-0.39, 0.29) is 21.1 Å². The average molecular weight is 850 g/mol. The van der Waals surface area contributed by atoms with Crippen LogP contribution in [0.15, 0.2) is 155 Å². The third-order valence-corrected chi connectivity index (χ3v) is 9.57. The van der Waals surface area contributed by atoms with Gasteiger partial charge in [-0.05, 0) is 35.2 Å². The Morgan fingerprint density at radius 2 is 1.37 bits per heavy atom. The second kappa shape index (κ2) is 11.9. The Morgan fingerprint density at radius 1 is 0.596 bits per heavy atom. The molecule has 4 heterocycles. The summed E-state index contributed by atoms with van der Waals surface area (Å²) in [6, 6.07) is 57.6. The standard InChI is InChI=1S/C45H24N3O3.Pt/c1-2-11-28(12-3-1)29-13-10-14-30(23-29)47-38-17-6-4-15-33(38)34-22-21-31(26-40(34)47)49-32-24-36-35-16-5-8-19-41(35)51-44(36)37(25-32)45-46-27-43-48(45)39-18-7-9-20-42(39)50-43;/h1-13,15-24,27H;/q-3;. The number of aromatic nitrogens is 3. The molecule has 0 radical (unpaired) electrons. The maximum atomic E-state index is 6.68. The Kier molecular flexibility index (Phi) is 6.95. The van der Waals surface area contributed by atoms with Crippen LogP contribution in [-0.4, -0.2) is 14.0 Å². The van der Waals surface area contributed by atoms with Crippen molar-refractivity contribution in [1.82, 2.24) is 14.0 Å². The minimum Gasteiger partial charge on any atom is -0.503 e. The van der Waals surface area contributed by atoms with Crippen LogP contribution < -0.4 is 4.74 Å². The molecule has 0 aliphatic carbocycles. The first kappa shape index (κ1) is 30.5.